The van der Waals surface area contributed by atoms with E-state index in [0.29, 0.717) is 24.0 Å². The van der Waals surface area contributed by atoms with Gasteiger partial charge in [0.25, 0.3) is 0 Å². The second kappa shape index (κ2) is 6.00. The predicted molar refractivity (Wildman–Crippen MR) is 81.4 cm³/mol. The Balaban J connectivity index is 2.00. The van der Waals surface area contributed by atoms with Gasteiger partial charge in [-0.05, 0) is 30.8 Å². The van der Waals surface area contributed by atoms with Crippen LogP contribution in [0.1, 0.15) is 30.0 Å². The first kappa shape index (κ1) is 14.3. The minimum atomic E-state index is -0.117. The number of rotatable bonds is 4. The van der Waals surface area contributed by atoms with Gasteiger partial charge >= 0.3 is 0 Å². The zero-order chi connectivity index (χ0) is 14.8. The first-order valence-electron chi connectivity index (χ1n) is 7.07. The molecular formula is C16H18ClNO3. The summed E-state index contributed by atoms with van der Waals surface area (Å²) in [6.45, 7) is 3.17. The Kier molecular flexibility index (Phi) is 4.08. The fourth-order valence-electron chi connectivity index (χ4n) is 2.49. The first-order valence-corrected chi connectivity index (χ1v) is 7.45. The van der Waals surface area contributed by atoms with Crippen LogP contribution in [-0.4, -0.2) is 20.3 Å². The van der Waals surface area contributed by atoms with Crippen molar-refractivity contribution in [1.29, 1.82) is 0 Å². The Morgan fingerprint density at radius 2 is 1.90 bits per heavy atom. The van der Waals surface area contributed by atoms with E-state index in [-0.39, 0.29) is 6.04 Å². The van der Waals surface area contributed by atoms with Crippen LogP contribution in [0.3, 0.4) is 0 Å². The van der Waals surface area contributed by atoms with Crippen molar-refractivity contribution in [3.63, 3.8) is 0 Å². The van der Waals surface area contributed by atoms with Crippen LogP contribution < -0.4 is 14.8 Å². The number of fused-ring (bicyclic) bond motifs is 1. The van der Waals surface area contributed by atoms with Crippen LogP contribution in [0.15, 0.2) is 28.7 Å². The first-order chi connectivity index (χ1) is 10.2. The largest absolute Gasteiger partial charge is 0.486 e. The van der Waals surface area contributed by atoms with Crippen LogP contribution in [0, 0.1) is 0 Å². The highest BCUT2D eigenvalue weighted by atomic mass is 35.5. The summed E-state index contributed by atoms with van der Waals surface area (Å²) < 4.78 is 17.0. The molecule has 1 atom stereocenters. The van der Waals surface area contributed by atoms with Crippen molar-refractivity contribution in [2.24, 2.45) is 0 Å². The molecule has 21 heavy (non-hydrogen) atoms. The molecule has 0 aliphatic carbocycles. The molecule has 2 heterocycles. The molecule has 0 bridgehead atoms. The lowest BCUT2D eigenvalue weighted by Crippen LogP contribution is -2.19. The molecule has 1 aliphatic rings. The second-order valence-corrected chi connectivity index (χ2v) is 5.30. The van der Waals surface area contributed by atoms with E-state index in [9.17, 15) is 0 Å². The maximum absolute atomic E-state index is 6.41. The summed E-state index contributed by atoms with van der Waals surface area (Å²) in [6.07, 6.45) is 0.866. The van der Waals surface area contributed by atoms with Gasteiger partial charge in [0, 0.05) is 17.5 Å². The van der Waals surface area contributed by atoms with Gasteiger partial charge in [-0.25, -0.2) is 0 Å². The standard InChI is InChI=1S/C16H18ClNO3/c1-3-10-4-5-13(21-10)16(18-2)11-8-14-15(9-12(11)17)20-7-6-19-14/h4-5,8-9,16,18H,3,6-7H2,1-2H3. The lowest BCUT2D eigenvalue weighted by atomic mass is 10.0. The third kappa shape index (κ3) is 2.74. The van der Waals surface area contributed by atoms with E-state index >= 15 is 0 Å². The van der Waals surface area contributed by atoms with Gasteiger partial charge in [0.15, 0.2) is 11.5 Å². The van der Waals surface area contributed by atoms with Crippen LogP contribution in [0.25, 0.3) is 0 Å². The highest BCUT2D eigenvalue weighted by Crippen LogP contribution is 2.39. The smallest absolute Gasteiger partial charge is 0.162 e. The van der Waals surface area contributed by atoms with Crippen molar-refractivity contribution >= 4 is 11.6 Å². The van der Waals surface area contributed by atoms with Gasteiger partial charge in [-0.1, -0.05) is 18.5 Å². The van der Waals surface area contributed by atoms with Crippen LogP contribution >= 0.6 is 11.6 Å². The normalized spacial score (nSPS) is 15.0. The third-order valence-corrected chi connectivity index (χ3v) is 3.90. The van der Waals surface area contributed by atoms with E-state index in [0.717, 1.165) is 29.3 Å². The minimum absolute atomic E-state index is 0.117. The topological polar surface area (TPSA) is 43.6 Å². The summed E-state index contributed by atoms with van der Waals surface area (Å²) in [5, 5.41) is 3.88. The zero-order valence-corrected chi connectivity index (χ0v) is 12.9. The Morgan fingerprint density at radius 1 is 1.19 bits per heavy atom. The van der Waals surface area contributed by atoms with Gasteiger partial charge in [0.05, 0.1) is 6.04 Å². The highest BCUT2D eigenvalue weighted by Gasteiger charge is 2.23. The molecule has 0 amide bonds. The van der Waals surface area contributed by atoms with Gasteiger partial charge in [0.1, 0.15) is 24.7 Å². The van der Waals surface area contributed by atoms with Crippen LogP contribution in [0.5, 0.6) is 11.5 Å². The molecule has 1 aromatic carbocycles. The van der Waals surface area contributed by atoms with Crippen molar-refractivity contribution in [2.75, 3.05) is 20.3 Å². The molecule has 0 saturated carbocycles. The molecule has 0 fully saturated rings. The number of furan rings is 1. The average Bonchev–Trinajstić information content (AvgIpc) is 2.97. The molecule has 1 N–H and O–H groups in total. The molecule has 0 radical (unpaired) electrons. The number of aryl methyl sites for hydroxylation is 1. The molecule has 5 heteroatoms. The number of ether oxygens (including phenoxy) is 2. The maximum atomic E-state index is 6.41. The third-order valence-electron chi connectivity index (χ3n) is 3.58. The van der Waals surface area contributed by atoms with E-state index in [1.807, 2.05) is 25.2 Å². The lowest BCUT2D eigenvalue weighted by molar-refractivity contribution is 0.171. The van der Waals surface area contributed by atoms with E-state index in [1.54, 1.807) is 6.07 Å². The minimum Gasteiger partial charge on any atom is -0.486 e. The number of halogens is 1. The monoisotopic (exact) mass is 307 g/mol. The molecule has 1 aromatic heterocycles. The lowest BCUT2D eigenvalue weighted by Gasteiger charge is -2.22. The molecule has 112 valence electrons. The van der Waals surface area contributed by atoms with Gasteiger partial charge < -0.3 is 19.2 Å². The fraction of sp³-hybridized carbons (Fsp3) is 0.375. The van der Waals surface area contributed by atoms with Crippen LogP contribution in [0.4, 0.5) is 0 Å². The molecular weight excluding hydrogens is 290 g/mol. The fourth-order valence-corrected chi connectivity index (χ4v) is 2.75. The molecule has 1 aliphatic heterocycles. The predicted octanol–water partition coefficient (Wildman–Crippen LogP) is 3.58. The number of nitrogens with one attached hydrogen (secondary N) is 1. The summed E-state index contributed by atoms with van der Waals surface area (Å²) in [4.78, 5) is 0. The van der Waals surface area contributed by atoms with Gasteiger partial charge in [-0.3, -0.25) is 0 Å². The van der Waals surface area contributed by atoms with Gasteiger partial charge in [-0.2, -0.15) is 0 Å². The van der Waals surface area contributed by atoms with Crippen molar-refractivity contribution in [3.8, 4) is 11.5 Å². The Labute approximate surface area is 129 Å². The second-order valence-electron chi connectivity index (χ2n) is 4.90. The van der Waals surface area contributed by atoms with E-state index in [1.165, 1.54) is 0 Å². The molecule has 2 aromatic rings. The van der Waals surface area contributed by atoms with E-state index in [4.69, 9.17) is 25.5 Å². The molecule has 0 saturated heterocycles. The SMILES string of the molecule is CCc1ccc(C(NC)c2cc3c(cc2Cl)OCCO3)o1. The number of hydrogen-bond acceptors (Lipinski definition) is 4. The average molecular weight is 308 g/mol. The Bertz CT molecular complexity index is 638. The summed E-state index contributed by atoms with van der Waals surface area (Å²) in [5.74, 6) is 3.22. The van der Waals surface area contributed by atoms with E-state index < -0.39 is 0 Å². The van der Waals surface area contributed by atoms with Gasteiger partial charge in [0.2, 0.25) is 0 Å². The summed E-state index contributed by atoms with van der Waals surface area (Å²) in [6, 6.07) is 7.58. The maximum Gasteiger partial charge on any atom is 0.162 e. The molecule has 1 unspecified atom stereocenters. The van der Waals surface area contributed by atoms with Crippen LogP contribution in [-0.2, 0) is 6.42 Å². The van der Waals surface area contributed by atoms with E-state index in [2.05, 4.69) is 12.2 Å². The number of hydrogen-bond donors (Lipinski definition) is 1. The quantitative estimate of drug-likeness (QED) is 0.937. The Hall–Kier alpha value is -1.65. The van der Waals surface area contributed by atoms with Crippen molar-refractivity contribution in [2.45, 2.75) is 19.4 Å². The molecule has 4 nitrogen and oxygen atoms in total. The van der Waals surface area contributed by atoms with Crippen molar-refractivity contribution in [1.82, 2.24) is 5.32 Å². The van der Waals surface area contributed by atoms with Crippen molar-refractivity contribution < 1.29 is 13.9 Å². The Morgan fingerprint density at radius 3 is 2.52 bits per heavy atom. The van der Waals surface area contributed by atoms with Crippen molar-refractivity contribution in [3.05, 3.63) is 46.4 Å². The molecule has 3 rings (SSSR count). The summed E-state index contributed by atoms with van der Waals surface area (Å²) in [5.41, 5.74) is 0.917. The van der Waals surface area contributed by atoms with Crippen LogP contribution in [0.2, 0.25) is 5.02 Å². The highest BCUT2D eigenvalue weighted by molar-refractivity contribution is 6.31. The zero-order valence-electron chi connectivity index (χ0n) is 12.1. The number of benzene rings is 1. The van der Waals surface area contributed by atoms with Gasteiger partial charge in [-0.15, -0.1) is 0 Å². The summed E-state index contributed by atoms with van der Waals surface area (Å²) in [7, 11) is 1.88. The summed E-state index contributed by atoms with van der Waals surface area (Å²) >= 11 is 6.41. The molecule has 0 spiro atoms.